The number of amides is 1. The number of benzene rings is 1. The molecule has 0 saturated carbocycles. The van der Waals surface area contributed by atoms with E-state index in [0.717, 1.165) is 6.54 Å². The van der Waals surface area contributed by atoms with E-state index < -0.39 is 10.0 Å². The molecular weight excluding hydrogens is 366 g/mol. The Kier molecular flexibility index (Phi) is 6.81. The molecule has 0 aliphatic carbocycles. The summed E-state index contributed by atoms with van der Waals surface area (Å²) in [4.78, 5) is 14.6. The van der Waals surface area contributed by atoms with Gasteiger partial charge < -0.3 is 15.0 Å². The molecule has 1 aromatic rings. The van der Waals surface area contributed by atoms with E-state index in [1.807, 2.05) is 6.92 Å². The van der Waals surface area contributed by atoms with Crippen LogP contribution < -0.4 is 5.32 Å². The van der Waals surface area contributed by atoms with Crippen LogP contribution in [0.1, 0.15) is 17.3 Å². The van der Waals surface area contributed by atoms with Gasteiger partial charge in [0.05, 0.1) is 18.1 Å². The third-order valence-corrected chi connectivity index (χ3v) is 6.24. The van der Waals surface area contributed by atoms with Gasteiger partial charge in [0.1, 0.15) is 0 Å². The van der Waals surface area contributed by atoms with Crippen molar-refractivity contribution in [2.45, 2.75) is 17.9 Å². The minimum atomic E-state index is -3.59. The zero-order chi connectivity index (χ0) is 17.2. The third kappa shape index (κ3) is 4.51. The molecule has 1 atom stereocenters. The van der Waals surface area contributed by atoms with Crippen molar-refractivity contribution in [2.24, 2.45) is 0 Å². The molecule has 0 radical (unpaired) electrons. The highest BCUT2D eigenvalue weighted by Crippen LogP contribution is 2.19. The molecule has 1 N–H and O–H groups in total. The first-order valence-corrected chi connectivity index (χ1v) is 9.63. The van der Waals surface area contributed by atoms with Crippen molar-refractivity contribution in [2.75, 3.05) is 45.9 Å². The molecule has 2 fully saturated rings. The molecule has 140 valence electrons. The predicted octanol–water partition coefficient (Wildman–Crippen LogP) is 0.563. The molecular formula is C16H24ClN3O4S. The first kappa shape index (κ1) is 20.1. The molecule has 25 heavy (non-hydrogen) atoms. The van der Waals surface area contributed by atoms with Crippen LogP contribution in [0.4, 0.5) is 0 Å². The lowest BCUT2D eigenvalue weighted by Gasteiger charge is -2.32. The molecule has 3 rings (SSSR count). The zero-order valence-corrected chi connectivity index (χ0v) is 15.8. The quantitative estimate of drug-likeness (QED) is 0.817. The Bertz CT molecular complexity index is 707. The average molecular weight is 390 g/mol. The van der Waals surface area contributed by atoms with Crippen LogP contribution >= 0.6 is 12.4 Å². The Balaban J connectivity index is 0.00000225. The minimum absolute atomic E-state index is 0. The van der Waals surface area contributed by atoms with Crippen LogP contribution in [0.15, 0.2) is 29.2 Å². The average Bonchev–Trinajstić information content (AvgIpc) is 2.62. The third-order valence-electron chi connectivity index (χ3n) is 4.34. The highest BCUT2D eigenvalue weighted by Gasteiger charge is 2.28. The molecule has 2 aliphatic rings. The molecule has 0 bridgehead atoms. The van der Waals surface area contributed by atoms with Gasteiger partial charge in [0.25, 0.3) is 5.91 Å². The van der Waals surface area contributed by atoms with Gasteiger partial charge in [0.15, 0.2) is 0 Å². The van der Waals surface area contributed by atoms with E-state index in [-0.39, 0.29) is 29.3 Å². The molecule has 9 heteroatoms. The molecule has 0 spiro atoms. The SMILES string of the molecule is C[C@@H]1CN(C(=O)c2cccc(S(=O)(=O)N3CCOCC3)c2)CCN1.Cl. The molecule has 2 aliphatic heterocycles. The first-order valence-electron chi connectivity index (χ1n) is 8.19. The maximum Gasteiger partial charge on any atom is 0.253 e. The van der Waals surface area contributed by atoms with Gasteiger partial charge in [0.2, 0.25) is 10.0 Å². The second kappa shape index (κ2) is 8.46. The second-order valence-corrected chi connectivity index (χ2v) is 8.09. The number of piperazine rings is 1. The largest absolute Gasteiger partial charge is 0.379 e. The number of nitrogens with one attached hydrogen (secondary N) is 1. The van der Waals surface area contributed by atoms with Gasteiger partial charge in [-0.3, -0.25) is 4.79 Å². The molecule has 2 heterocycles. The summed E-state index contributed by atoms with van der Waals surface area (Å²) < 4.78 is 32.1. The van der Waals surface area contributed by atoms with Gasteiger partial charge in [0, 0.05) is 44.3 Å². The number of sulfonamides is 1. The van der Waals surface area contributed by atoms with Crippen LogP contribution in [0.25, 0.3) is 0 Å². The monoisotopic (exact) mass is 389 g/mol. The van der Waals surface area contributed by atoms with Crippen LogP contribution in [0, 0.1) is 0 Å². The van der Waals surface area contributed by atoms with Crippen LogP contribution in [0.5, 0.6) is 0 Å². The van der Waals surface area contributed by atoms with Crippen molar-refractivity contribution in [3.05, 3.63) is 29.8 Å². The molecule has 7 nitrogen and oxygen atoms in total. The highest BCUT2D eigenvalue weighted by molar-refractivity contribution is 7.89. The highest BCUT2D eigenvalue weighted by atomic mass is 35.5. The summed E-state index contributed by atoms with van der Waals surface area (Å²) in [6, 6.07) is 6.57. The van der Waals surface area contributed by atoms with Crippen molar-refractivity contribution >= 4 is 28.3 Å². The molecule has 0 aromatic heterocycles. The topological polar surface area (TPSA) is 79.0 Å². The number of carbonyl (C=O) groups is 1. The van der Waals surface area contributed by atoms with E-state index in [4.69, 9.17) is 4.74 Å². The Morgan fingerprint density at radius 2 is 1.96 bits per heavy atom. The first-order chi connectivity index (χ1) is 11.5. The summed E-state index contributed by atoms with van der Waals surface area (Å²) in [7, 11) is -3.59. The van der Waals surface area contributed by atoms with Gasteiger partial charge in [-0.2, -0.15) is 4.31 Å². The summed E-state index contributed by atoms with van der Waals surface area (Å²) in [6.45, 7) is 5.51. The summed E-state index contributed by atoms with van der Waals surface area (Å²) in [5.74, 6) is -0.123. The lowest BCUT2D eigenvalue weighted by atomic mass is 10.1. The smallest absolute Gasteiger partial charge is 0.253 e. The van der Waals surface area contributed by atoms with E-state index >= 15 is 0 Å². The van der Waals surface area contributed by atoms with E-state index in [1.54, 1.807) is 23.1 Å². The molecule has 1 amide bonds. The number of carbonyl (C=O) groups excluding carboxylic acids is 1. The summed E-state index contributed by atoms with van der Waals surface area (Å²) in [5, 5.41) is 3.29. The van der Waals surface area contributed by atoms with Gasteiger partial charge in [-0.05, 0) is 25.1 Å². The van der Waals surface area contributed by atoms with Gasteiger partial charge >= 0.3 is 0 Å². The van der Waals surface area contributed by atoms with Crippen LogP contribution in [0.3, 0.4) is 0 Å². The number of hydrogen-bond acceptors (Lipinski definition) is 5. The van der Waals surface area contributed by atoms with Crippen molar-refractivity contribution in [3.63, 3.8) is 0 Å². The van der Waals surface area contributed by atoms with E-state index in [9.17, 15) is 13.2 Å². The summed E-state index contributed by atoms with van der Waals surface area (Å²) in [5.41, 5.74) is 0.415. The van der Waals surface area contributed by atoms with Crippen molar-refractivity contribution in [1.29, 1.82) is 0 Å². The number of halogens is 1. The Morgan fingerprint density at radius 1 is 1.24 bits per heavy atom. The van der Waals surface area contributed by atoms with Gasteiger partial charge in [-0.1, -0.05) is 6.07 Å². The normalized spacial score (nSPS) is 22.3. The van der Waals surface area contributed by atoms with E-state index in [1.165, 1.54) is 10.4 Å². The fourth-order valence-electron chi connectivity index (χ4n) is 3.02. The fourth-order valence-corrected chi connectivity index (χ4v) is 4.48. The second-order valence-electron chi connectivity index (χ2n) is 6.15. The van der Waals surface area contributed by atoms with Crippen molar-refractivity contribution in [1.82, 2.24) is 14.5 Å². The van der Waals surface area contributed by atoms with Crippen LogP contribution in [-0.4, -0.2) is 75.5 Å². The Labute approximate surface area is 154 Å². The van der Waals surface area contributed by atoms with Crippen molar-refractivity contribution in [3.8, 4) is 0 Å². The summed E-state index contributed by atoms with van der Waals surface area (Å²) in [6.07, 6.45) is 0. The predicted molar refractivity (Wildman–Crippen MR) is 96.6 cm³/mol. The van der Waals surface area contributed by atoms with Crippen LogP contribution in [-0.2, 0) is 14.8 Å². The fraction of sp³-hybridized carbons (Fsp3) is 0.562. The molecule has 2 saturated heterocycles. The standard InChI is InChI=1S/C16H23N3O4S.ClH/c1-13-12-18(6-5-17-13)16(20)14-3-2-4-15(11-14)24(21,22)19-7-9-23-10-8-19;/h2-4,11,13,17H,5-10,12H2,1H3;1H/t13-;/m1./s1. The Hall–Kier alpha value is -1.19. The zero-order valence-electron chi connectivity index (χ0n) is 14.2. The van der Waals surface area contributed by atoms with E-state index in [0.29, 0.717) is 45.0 Å². The number of morpholine rings is 1. The number of hydrogen-bond donors (Lipinski definition) is 1. The van der Waals surface area contributed by atoms with Gasteiger partial charge in [-0.15, -0.1) is 12.4 Å². The van der Waals surface area contributed by atoms with Crippen molar-refractivity contribution < 1.29 is 17.9 Å². The van der Waals surface area contributed by atoms with Crippen LogP contribution in [0.2, 0.25) is 0 Å². The number of ether oxygens (including phenoxy) is 1. The maximum absolute atomic E-state index is 12.7. The lowest BCUT2D eigenvalue weighted by Crippen LogP contribution is -2.51. The molecule has 0 unspecified atom stereocenters. The minimum Gasteiger partial charge on any atom is -0.379 e. The Morgan fingerprint density at radius 3 is 2.64 bits per heavy atom. The van der Waals surface area contributed by atoms with Gasteiger partial charge in [-0.25, -0.2) is 8.42 Å². The maximum atomic E-state index is 12.7. The number of rotatable bonds is 3. The molecule has 1 aromatic carbocycles. The summed E-state index contributed by atoms with van der Waals surface area (Å²) >= 11 is 0. The number of nitrogens with zero attached hydrogens (tertiary/aromatic N) is 2. The van der Waals surface area contributed by atoms with E-state index in [2.05, 4.69) is 5.32 Å². The lowest BCUT2D eigenvalue weighted by molar-refractivity contribution is 0.0708.